The van der Waals surface area contributed by atoms with Gasteiger partial charge in [0.25, 0.3) is 0 Å². The van der Waals surface area contributed by atoms with E-state index < -0.39 is 0 Å². The Balaban J connectivity index is 1.49. The summed E-state index contributed by atoms with van der Waals surface area (Å²) in [4.78, 5) is 12.2. The van der Waals surface area contributed by atoms with Gasteiger partial charge in [-0.1, -0.05) is 23.4 Å². The van der Waals surface area contributed by atoms with Crippen molar-refractivity contribution < 1.29 is 14.3 Å². The van der Waals surface area contributed by atoms with Crippen LogP contribution in [0, 0.1) is 0 Å². The molecule has 0 radical (unpaired) electrons. The number of aromatic nitrogens is 3. The van der Waals surface area contributed by atoms with Gasteiger partial charge in [0.1, 0.15) is 18.1 Å². The van der Waals surface area contributed by atoms with E-state index in [1.54, 1.807) is 24.3 Å². The topological polar surface area (TPSA) is 78.3 Å². The fraction of sp³-hybridized carbons (Fsp3) is 0.250. The minimum absolute atomic E-state index is 0.124. The maximum atomic E-state index is 12.2. The summed E-state index contributed by atoms with van der Waals surface area (Å²) in [6, 6.07) is 14.4. The number of nitrogens with one attached hydrogen (secondary N) is 1. The van der Waals surface area contributed by atoms with Gasteiger partial charge >= 0.3 is 0 Å². The number of anilines is 1. The number of halogens is 1. The maximum absolute atomic E-state index is 12.2. The number of carbonyl (C=O) groups is 1. The molecule has 3 aromatic rings. The van der Waals surface area contributed by atoms with Crippen LogP contribution in [0.3, 0.4) is 0 Å². The summed E-state index contributed by atoms with van der Waals surface area (Å²) in [5, 5.41) is 12.4. The molecule has 3 rings (SSSR count). The Morgan fingerprint density at radius 3 is 2.41 bits per heavy atom. The highest BCUT2D eigenvalue weighted by Gasteiger charge is 2.12. The molecule has 0 saturated heterocycles. The number of ether oxygens (including phenoxy) is 2. The molecule has 1 amide bonds. The number of thioether (sulfide) groups is 1. The van der Waals surface area contributed by atoms with Crippen molar-refractivity contribution in [1.29, 1.82) is 0 Å². The number of benzene rings is 2. The van der Waals surface area contributed by atoms with Crippen LogP contribution in [0.15, 0.2) is 53.7 Å². The van der Waals surface area contributed by atoms with Crippen LogP contribution >= 0.6 is 23.4 Å². The summed E-state index contributed by atoms with van der Waals surface area (Å²) in [7, 11) is 1.84. The monoisotopic (exact) mass is 432 g/mol. The van der Waals surface area contributed by atoms with Crippen molar-refractivity contribution in [2.45, 2.75) is 18.7 Å². The van der Waals surface area contributed by atoms with Crippen LogP contribution in [-0.2, 0) is 18.4 Å². The third kappa shape index (κ3) is 6.13. The third-order valence-electron chi connectivity index (χ3n) is 3.89. The predicted octanol–water partition coefficient (Wildman–Crippen LogP) is 4.18. The summed E-state index contributed by atoms with van der Waals surface area (Å²) in [5.74, 6) is 2.22. The zero-order valence-electron chi connectivity index (χ0n) is 16.1. The van der Waals surface area contributed by atoms with E-state index in [1.807, 2.05) is 42.8 Å². The Morgan fingerprint density at radius 1 is 1.07 bits per heavy atom. The molecule has 1 heterocycles. The van der Waals surface area contributed by atoms with E-state index in [0.717, 1.165) is 5.75 Å². The second-order valence-corrected chi connectivity index (χ2v) is 7.37. The minimum atomic E-state index is -0.124. The van der Waals surface area contributed by atoms with Crippen molar-refractivity contribution >= 4 is 35.0 Å². The summed E-state index contributed by atoms with van der Waals surface area (Å²) in [6.07, 6.45) is 0. The van der Waals surface area contributed by atoms with Gasteiger partial charge in [0.15, 0.2) is 11.0 Å². The predicted molar refractivity (Wildman–Crippen MR) is 114 cm³/mol. The van der Waals surface area contributed by atoms with Gasteiger partial charge in [0.05, 0.1) is 12.4 Å². The minimum Gasteiger partial charge on any atom is -0.494 e. The Hall–Kier alpha value is -2.71. The largest absolute Gasteiger partial charge is 0.494 e. The molecule has 7 nitrogen and oxygen atoms in total. The Labute approximate surface area is 178 Å². The van der Waals surface area contributed by atoms with E-state index in [9.17, 15) is 4.79 Å². The zero-order valence-corrected chi connectivity index (χ0v) is 17.7. The van der Waals surface area contributed by atoms with E-state index in [0.29, 0.717) is 34.0 Å². The molecule has 0 spiro atoms. The quantitative estimate of drug-likeness (QED) is 0.511. The van der Waals surface area contributed by atoms with Crippen LogP contribution < -0.4 is 14.8 Å². The van der Waals surface area contributed by atoms with Crippen LogP contribution in [0.2, 0.25) is 5.02 Å². The molecule has 0 unspecified atom stereocenters. The van der Waals surface area contributed by atoms with Crippen molar-refractivity contribution in [1.82, 2.24) is 14.8 Å². The average Bonchev–Trinajstić information content (AvgIpc) is 3.07. The first-order valence-corrected chi connectivity index (χ1v) is 10.3. The molecule has 0 aliphatic heterocycles. The lowest BCUT2D eigenvalue weighted by Gasteiger charge is -2.08. The van der Waals surface area contributed by atoms with Crippen LogP contribution in [0.25, 0.3) is 0 Å². The van der Waals surface area contributed by atoms with Gasteiger partial charge in [-0.25, -0.2) is 0 Å². The van der Waals surface area contributed by atoms with Gasteiger partial charge < -0.3 is 19.4 Å². The van der Waals surface area contributed by atoms with E-state index in [2.05, 4.69) is 15.5 Å². The molecule has 152 valence electrons. The first-order chi connectivity index (χ1) is 14.0. The number of carbonyl (C=O) groups excluding carboxylic acids is 1. The normalized spacial score (nSPS) is 10.6. The lowest BCUT2D eigenvalue weighted by molar-refractivity contribution is -0.113. The molecule has 0 fully saturated rings. The van der Waals surface area contributed by atoms with Crippen molar-refractivity contribution in [2.24, 2.45) is 7.05 Å². The van der Waals surface area contributed by atoms with Gasteiger partial charge in [0.2, 0.25) is 5.91 Å². The van der Waals surface area contributed by atoms with Crippen molar-refractivity contribution in [3.8, 4) is 11.5 Å². The van der Waals surface area contributed by atoms with Crippen LogP contribution in [0.5, 0.6) is 11.5 Å². The number of rotatable bonds is 9. The van der Waals surface area contributed by atoms with Crippen molar-refractivity contribution in [3.05, 3.63) is 59.4 Å². The molecule has 1 N–H and O–H groups in total. The lowest BCUT2D eigenvalue weighted by atomic mass is 10.3. The summed E-state index contributed by atoms with van der Waals surface area (Å²) < 4.78 is 12.9. The average molecular weight is 433 g/mol. The first kappa shape index (κ1) is 21.0. The standard InChI is InChI=1S/C20H21ClN4O3S/c1-3-27-16-10-6-15(7-11-16)22-19(26)13-29-20-24-23-18(25(20)2)12-28-17-8-4-14(21)5-9-17/h4-11H,3,12-13H2,1-2H3,(H,22,26). The Bertz CT molecular complexity index is 945. The van der Waals surface area contributed by atoms with Gasteiger partial charge in [0, 0.05) is 17.8 Å². The van der Waals surface area contributed by atoms with E-state index in [-0.39, 0.29) is 18.3 Å². The van der Waals surface area contributed by atoms with Crippen LogP contribution in [-0.4, -0.2) is 33.0 Å². The number of nitrogens with zero attached hydrogens (tertiary/aromatic N) is 3. The molecular weight excluding hydrogens is 412 g/mol. The summed E-state index contributed by atoms with van der Waals surface area (Å²) in [6.45, 7) is 2.80. The smallest absolute Gasteiger partial charge is 0.234 e. The van der Waals surface area contributed by atoms with E-state index >= 15 is 0 Å². The first-order valence-electron chi connectivity index (χ1n) is 8.97. The fourth-order valence-electron chi connectivity index (χ4n) is 2.40. The van der Waals surface area contributed by atoms with Crippen LogP contribution in [0.4, 0.5) is 5.69 Å². The molecule has 0 atom stereocenters. The summed E-state index contributed by atoms with van der Waals surface area (Å²) in [5.41, 5.74) is 0.717. The Morgan fingerprint density at radius 2 is 1.72 bits per heavy atom. The molecule has 29 heavy (non-hydrogen) atoms. The SMILES string of the molecule is CCOc1ccc(NC(=O)CSc2nnc(COc3ccc(Cl)cc3)n2C)cc1. The third-order valence-corrected chi connectivity index (χ3v) is 5.16. The lowest BCUT2D eigenvalue weighted by Crippen LogP contribution is -2.14. The molecule has 2 aromatic carbocycles. The number of hydrogen-bond acceptors (Lipinski definition) is 6. The Kier molecular flexibility index (Phi) is 7.37. The molecular formula is C20H21ClN4O3S. The molecule has 0 aliphatic rings. The van der Waals surface area contributed by atoms with Crippen LogP contribution in [0.1, 0.15) is 12.7 Å². The highest BCUT2D eigenvalue weighted by atomic mass is 35.5. The zero-order chi connectivity index (χ0) is 20.6. The highest BCUT2D eigenvalue weighted by molar-refractivity contribution is 7.99. The second-order valence-electron chi connectivity index (χ2n) is 5.99. The molecule has 1 aromatic heterocycles. The second kappa shape index (κ2) is 10.2. The maximum Gasteiger partial charge on any atom is 0.234 e. The van der Waals surface area contributed by atoms with Gasteiger partial charge in [-0.3, -0.25) is 4.79 Å². The number of hydrogen-bond donors (Lipinski definition) is 1. The molecule has 0 aliphatic carbocycles. The number of amides is 1. The summed E-state index contributed by atoms with van der Waals surface area (Å²) >= 11 is 7.18. The fourth-order valence-corrected chi connectivity index (χ4v) is 3.26. The molecule has 9 heteroatoms. The van der Waals surface area contributed by atoms with Crippen molar-refractivity contribution in [2.75, 3.05) is 17.7 Å². The molecule has 0 bridgehead atoms. The highest BCUT2D eigenvalue weighted by Crippen LogP contribution is 2.20. The van der Waals surface area contributed by atoms with E-state index in [4.69, 9.17) is 21.1 Å². The van der Waals surface area contributed by atoms with Gasteiger partial charge in [-0.15, -0.1) is 10.2 Å². The van der Waals surface area contributed by atoms with E-state index in [1.165, 1.54) is 11.8 Å². The van der Waals surface area contributed by atoms with Crippen molar-refractivity contribution in [3.63, 3.8) is 0 Å². The molecule has 0 saturated carbocycles. The van der Waals surface area contributed by atoms with Gasteiger partial charge in [-0.05, 0) is 55.5 Å². The van der Waals surface area contributed by atoms with Gasteiger partial charge in [-0.2, -0.15) is 0 Å².